The lowest BCUT2D eigenvalue weighted by atomic mass is 10.3. The molecule has 1 aromatic rings. The van der Waals surface area contributed by atoms with Gasteiger partial charge in [-0.3, -0.25) is 0 Å². The summed E-state index contributed by atoms with van der Waals surface area (Å²) in [6.07, 6.45) is 0. The van der Waals surface area contributed by atoms with E-state index in [0.29, 0.717) is 13.2 Å². The third kappa shape index (κ3) is 4.12. The lowest BCUT2D eigenvalue weighted by Crippen LogP contribution is -2.13. The van der Waals surface area contributed by atoms with Gasteiger partial charge in [-0.05, 0) is 48.5 Å². The summed E-state index contributed by atoms with van der Waals surface area (Å²) >= 11 is 6.50. The summed E-state index contributed by atoms with van der Waals surface area (Å²) in [5, 5.41) is 0. The first-order valence-corrected chi connectivity index (χ1v) is 9.40. The lowest BCUT2D eigenvalue weighted by molar-refractivity contribution is 0.268. The molecule has 0 aliphatic rings. The molecular weight excluding hydrogens is 297 g/mol. The van der Waals surface area contributed by atoms with Crippen molar-refractivity contribution in [2.45, 2.75) is 13.8 Å². The Kier molecular flexibility index (Phi) is 6.85. The van der Waals surface area contributed by atoms with Crippen LogP contribution < -0.4 is 4.08 Å². The molecule has 0 spiro atoms. The average molecular weight is 312 g/mol. The standard InChI is InChI=1S/C10H15ClNO2PS2/c1-3-13-15(16,14-4-2)12(17-11)10-8-6-5-7-9-10/h5-9H,3-4H2,1-2H3. The molecule has 0 amide bonds. The molecule has 0 aliphatic heterocycles. The molecule has 0 radical (unpaired) electrons. The number of hydrogen-bond acceptors (Lipinski definition) is 4. The van der Waals surface area contributed by atoms with Crippen molar-refractivity contribution in [2.75, 3.05) is 17.3 Å². The predicted molar refractivity (Wildman–Crippen MR) is 79.9 cm³/mol. The second-order valence-corrected chi connectivity index (χ2v) is 7.41. The zero-order chi connectivity index (χ0) is 12.7. The number of anilines is 1. The van der Waals surface area contributed by atoms with Gasteiger partial charge in [-0.2, -0.15) is 0 Å². The van der Waals surface area contributed by atoms with Crippen molar-refractivity contribution in [3.05, 3.63) is 30.3 Å². The topological polar surface area (TPSA) is 21.7 Å². The molecule has 0 bridgehead atoms. The molecule has 1 rings (SSSR count). The summed E-state index contributed by atoms with van der Waals surface area (Å²) in [6, 6.07) is 9.63. The third-order valence-corrected chi connectivity index (χ3v) is 7.06. The van der Waals surface area contributed by atoms with Crippen LogP contribution in [-0.4, -0.2) is 13.2 Å². The second-order valence-electron chi connectivity index (χ2n) is 2.98. The van der Waals surface area contributed by atoms with Crippen molar-refractivity contribution >= 4 is 46.0 Å². The van der Waals surface area contributed by atoms with Crippen LogP contribution in [0.1, 0.15) is 13.8 Å². The summed E-state index contributed by atoms with van der Waals surface area (Å²) in [4.78, 5) is 0. The van der Waals surface area contributed by atoms with Crippen LogP contribution >= 0.6 is 28.5 Å². The van der Waals surface area contributed by atoms with Crippen molar-refractivity contribution in [1.29, 1.82) is 0 Å². The van der Waals surface area contributed by atoms with Crippen LogP contribution in [0.3, 0.4) is 0 Å². The fraction of sp³-hybridized carbons (Fsp3) is 0.400. The number of para-hydroxylation sites is 1. The van der Waals surface area contributed by atoms with Gasteiger partial charge < -0.3 is 9.05 Å². The average Bonchev–Trinajstić information content (AvgIpc) is 2.31. The first-order valence-electron chi connectivity index (χ1n) is 5.21. The number of rotatable bonds is 7. The highest BCUT2D eigenvalue weighted by molar-refractivity contribution is 8.30. The molecular formula is C10H15ClNO2PS2. The van der Waals surface area contributed by atoms with Gasteiger partial charge >= 0.3 is 6.64 Å². The van der Waals surface area contributed by atoms with Gasteiger partial charge in [0.25, 0.3) is 0 Å². The number of halogens is 1. The molecule has 1 aromatic carbocycles. The van der Waals surface area contributed by atoms with E-state index in [4.69, 9.17) is 31.5 Å². The Labute approximate surface area is 116 Å². The van der Waals surface area contributed by atoms with E-state index in [0.717, 1.165) is 16.8 Å². The molecule has 0 fully saturated rings. The van der Waals surface area contributed by atoms with Crippen LogP contribution in [0.4, 0.5) is 5.69 Å². The van der Waals surface area contributed by atoms with Gasteiger partial charge in [0.1, 0.15) is 0 Å². The van der Waals surface area contributed by atoms with Gasteiger partial charge in [0.15, 0.2) is 0 Å². The van der Waals surface area contributed by atoms with E-state index in [2.05, 4.69) is 0 Å². The molecule has 0 unspecified atom stereocenters. The van der Waals surface area contributed by atoms with Gasteiger partial charge in [-0.15, -0.1) is 0 Å². The summed E-state index contributed by atoms with van der Waals surface area (Å²) < 4.78 is 12.9. The molecule has 0 saturated heterocycles. The van der Waals surface area contributed by atoms with Gasteiger partial charge in [0.2, 0.25) is 0 Å². The van der Waals surface area contributed by atoms with E-state index < -0.39 is 6.64 Å². The molecule has 0 N–H and O–H groups in total. The summed E-state index contributed by atoms with van der Waals surface area (Å²) in [5.41, 5.74) is 0.887. The van der Waals surface area contributed by atoms with Crippen molar-refractivity contribution in [3.8, 4) is 0 Å². The Bertz CT molecular complexity index is 370. The largest absolute Gasteiger partial charge is 0.313 e. The highest BCUT2D eigenvalue weighted by Crippen LogP contribution is 2.58. The van der Waals surface area contributed by atoms with Gasteiger partial charge in [-0.1, -0.05) is 18.2 Å². The first-order chi connectivity index (χ1) is 8.18. The number of benzene rings is 1. The minimum absolute atomic E-state index is 0.498. The van der Waals surface area contributed by atoms with E-state index in [1.54, 1.807) is 4.08 Å². The zero-order valence-corrected chi connectivity index (χ0v) is 13.0. The minimum Gasteiger partial charge on any atom is -0.313 e. The maximum absolute atomic E-state index is 5.90. The Balaban J connectivity index is 3.01. The highest BCUT2D eigenvalue weighted by Gasteiger charge is 2.29. The SMILES string of the molecule is CCOP(=S)(OCC)N(SCl)c1ccccc1. The van der Waals surface area contributed by atoms with Crippen LogP contribution in [0, 0.1) is 0 Å². The molecule has 3 nitrogen and oxygen atoms in total. The summed E-state index contributed by atoms with van der Waals surface area (Å²) in [5.74, 6) is 0. The first kappa shape index (κ1) is 15.3. The maximum Gasteiger partial charge on any atom is 0.301 e. The Morgan fingerprint density at radius 1 is 1.24 bits per heavy atom. The molecule has 0 aliphatic carbocycles. The molecule has 7 heteroatoms. The van der Waals surface area contributed by atoms with Crippen molar-refractivity contribution in [2.24, 2.45) is 0 Å². The predicted octanol–water partition coefficient (Wildman–Crippen LogP) is 4.59. The molecule has 17 heavy (non-hydrogen) atoms. The van der Waals surface area contributed by atoms with Crippen molar-refractivity contribution in [3.63, 3.8) is 0 Å². The fourth-order valence-electron chi connectivity index (χ4n) is 1.24. The van der Waals surface area contributed by atoms with Gasteiger partial charge in [-0.25, -0.2) is 4.08 Å². The van der Waals surface area contributed by atoms with Crippen LogP contribution in [0.15, 0.2) is 30.3 Å². The van der Waals surface area contributed by atoms with E-state index in [1.165, 1.54) is 0 Å². The zero-order valence-electron chi connectivity index (χ0n) is 9.71. The monoisotopic (exact) mass is 311 g/mol. The van der Waals surface area contributed by atoms with Crippen LogP contribution in [-0.2, 0) is 20.9 Å². The van der Waals surface area contributed by atoms with Crippen LogP contribution in [0.25, 0.3) is 0 Å². The fourth-order valence-corrected chi connectivity index (χ4v) is 5.90. The lowest BCUT2D eigenvalue weighted by Gasteiger charge is -2.31. The van der Waals surface area contributed by atoms with Gasteiger partial charge in [0.05, 0.1) is 30.1 Å². The molecule has 0 atom stereocenters. The van der Waals surface area contributed by atoms with Crippen molar-refractivity contribution < 1.29 is 9.05 Å². The number of hydrogen-bond donors (Lipinski definition) is 0. The normalized spacial score (nSPS) is 11.5. The van der Waals surface area contributed by atoms with E-state index in [-0.39, 0.29) is 0 Å². The molecule has 96 valence electrons. The van der Waals surface area contributed by atoms with Crippen LogP contribution in [0.2, 0.25) is 0 Å². The highest BCUT2D eigenvalue weighted by atomic mass is 35.7. The van der Waals surface area contributed by atoms with Crippen LogP contribution in [0.5, 0.6) is 0 Å². The van der Waals surface area contributed by atoms with Crippen molar-refractivity contribution in [1.82, 2.24) is 0 Å². The molecule has 0 heterocycles. The molecule has 0 aromatic heterocycles. The Hall–Kier alpha value is 0.230. The second kappa shape index (κ2) is 7.62. The van der Waals surface area contributed by atoms with E-state index >= 15 is 0 Å². The Morgan fingerprint density at radius 2 is 1.76 bits per heavy atom. The number of nitrogens with zero attached hydrogens (tertiary/aromatic N) is 1. The summed E-state index contributed by atoms with van der Waals surface area (Å²) in [6.45, 7) is 2.22. The quantitative estimate of drug-likeness (QED) is 0.541. The Morgan fingerprint density at radius 3 is 2.18 bits per heavy atom. The smallest absolute Gasteiger partial charge is 0.301 e. The summed E-state index contributed by atoms with van der Waals surface area (Å²) in [7, 11) is 5.90. The third-order valence-electron chi connectivity index (χ3n) is 1.85. The minimum atomic E-state index is -2.55. The molecule has 0 saturated carbocycles. The van der Waals surface area contributed by atoms with E-state index in [1.807, 2.05) is 44.2 Å². The van der Waals surface area contributed by atoms with E-state index in [9.17, 15) is 0 Å². The maximum atomic E-state index is 5.90. The van der Waals surface area contributed by atoms with Gasteiger partial charge in [0, 0.05) is 0 Å².